The summed E-state index contributed by atoms with van der Waals surface area (Å²) in [6, 6.07) is 35.3. The summed E-state index contributed by atoms with van der Waals surface area (Å²) in [6.07, 6.45) is 1.07. The van der Waals surface area contributed by atoms with Gasteiger partial charge in [0.1, 0.15) is 0 Å². The van der Waals surface area contributed by atoms with Gasteiger partial charge in [-0.1, -0.05) is 54.6 Å². The number of hydrogen-bond acceptors (Lipinski definition) is 7. The van der Waals surface area contributed by atoms with Gasteiger partial charge in [0.2, 0.25) is 9.84 Å². The molecule has 0 spiro atoms. The smallest absolute Gasteiger partial charge is 0.256 e. The van der Waals surface area contributed by atoms with Gasteiger partial charge >= 0.3 is 0 Å². The van der Waals surface area contributed by atoms with E-state index in [1.165, 1.54) is 54.6 Å². The van der Waals surface area contributed by atoms with Crippen molar-refractivity contribution >= 4 is 61.0 Å². The zero-order valence-corrected chi connectivity index (χ0v) is 30.9. The van der Waals surface area contributed by atoms with Gasteiger partial charge in [0.25, 0.3) is 11.8 Å². The summed E-state index contributed by atoms with van der Waals surface area (Å²) in [5, 5.41) is 5.46. The van der Waals surface area contributed by atoms with Gasteiger partial charge in [0.05, 0.1) is 20.9 Å². The molecule has 11 heteroatoms. The first-order valence-electron chi connectivity index (χ1n) is 16.6. The zero-order chi connectivity index (χ0) is 38.6. The van der Waals surface area contributed by atoms with Crippen LogP contribution in [0.1, 0.15) is 52.6 Å². The Hall–Kier alpha value is -6.43. The number of hydrogen-bond donors (Lipinski definition) is 2. The van der Waals surface area contributed by atoms with Crippen LogP contribution in [0.3, 0.4) is 0 Å². The van der Waals surface area contributed by atoms with Crippen molar-refractivity contribution in [1.29, 1.82) is 0 Å². The van der Waals surface area contributed by atoms with E-state index in [0.29, 0.717) is 39.2 Å². The number of aldehydes is 2. The van der Waals surface area contributed by atoms with Crippen molar-refractivity contribution in [3.05, 3.63) is 167 Å². The number of sulfone groups is 1. The summed E-state index contributed by atoms with van der Waals surface area (Å²) < 4.78 is 40.3. The molecule has 9 nitrogen and oxygen atoms in total. The van der Waals surface area contributed by atoms with Crippen LogP contribution < -0.4 is 10.6 Å². The van der Waals surface area contributed by atoms with Crippen LogP contribution in [0.2, 0.25) is 0 Å². The number of aryl methyl sites for hydroxylation is 2. The van der Waals surface area contributed by atoms with E-state index >= 15 is 0 Å². The Kier molecular flexibility index (Phi) is 10.6. The second kappa shape index (κ2) is 15.3. The van der Waals surface area contributed by atoms with Crippen LogP contribution in [0.4, 0.5) is 11.4 Å². The standard InChI is InChI=1S/C43H34N2O7S2/c1-28-8-4-12-36(20-28)53(3,50)37-13-6-10-34(24-37)44-42(48)40-19-18-30(22-33(40)27-47)31-16-17-32(26-46)41(23-31)43(49)45-35-11-7-15-39(25-35)54(51,52)38-14-5-9-29(2)21-38/h4-27H,3H2,1-2H3,(H,44,48)(H,45,49). The monoisotopic (exact) mass is 754 g/mol. The van der Waals surface area contributed by atoms with Gasteiger partial charge < -0.3 is 10.6 Å². The molecule has 54 heavy (non-hydrogen) atoms. The lowest BCUT2D eigenvalue weighted by Gasteiger charge is -2.14. The molecule has 0 aliphatic carbocycles. The summed E-state index contributed by atoms with van der Waals surface area (Å²) >= 11 is 0. The summed E-state index contributed by atoms with van der Waals surface area (Å²) in [5.74, 6) is 2.74. The van der Waals surface area contributed by atoms with Crippen molar-refractivity contribution in [2.75, 3.05) is 10.6 Å². The summed E-state index contributed by atoms with van der Waals surface area (Å²) in [5.41, 5.74) is 3.49. The maximum atomic E-state index is 13.7. The SMILES string of the molecule is C=S(=O)(c1cccc(C)c1)c1cccc(NC(=O)c2ccc(-c3ccc(C=O)c(C(=O)Nc4cccc(S(=O)(=O)c5cccc(C)c5)c4)c3)cc2C=O)c1. The quantitative estimate of drug-likeness (QED) is 0.101. The Morgan fingerprint density at radius 3 is 1.57 bits per heavy atom. The van der Waals surface area contributed by atoms with Gasteiger partial charge in [-0.25, -0.2) is 8.42 Å². The van der Waals surface area contributed by atoms with Crippen molar-refractivity contribution in [3.63, 3.8) is 0 Å². The van der Waals surface area contributed by atoms with Crippen LogP contribution in [0.5, 0.6) is 0 Å². The van der Waals surface area contributed by atoms with Crippen LogP contribution in [-0.2, 0) is 19.4 Å². The molecule has 0 aromatic heterocycles. The fraction of sp³-hybridized carbons (Fsp3) is 0.0465. The van der Waals surface area contributed by atoms with E-state index < -0.39 is 31.2 Å². The third-order valence-electron chi connectivity index (χ3n) is 8.73. The normalized spacial score (nSPS) is 12.3. The van der Waals surface area contributed by atoms with Gasteiger partial charge in [-0.3, -0.25) is 23.4 Å². The Morgan fingerprint density at radius 1 is 0.519 bits per heavy atom. The van der Waals surface area contributed by atoms with Crippen molar-refractivity contribution in [2.45, 2.75) is 33.4 Å². The van der Waals surface area contributed by atoms with Crippen LogP contribution in [0.25, 0.3) is 11.1 Å². The molecule has 0 fully saturated rings. The fourth-order valence-corrected chi connectivity index (χ4v) is 8.85. The van der Waals surface area contributed by atoms with Crippen molar-refractivity contribution < 1.29 is 31.8 Å². The molecular formula is C43H34N2O7S2. The molecule has 2 N–H and O–H groups in total. The van der Waals surface area contributed by atoms with Gasteiger partial charge in [-0.15, -0.1) is 0 Å². The molecule has 0 bridgehead atoms. The molecule has 6 aromatic carbocycles. The molecule has 0 aliphatic heterocycles. The predicted molar refractivity (Wildman–Crippen MR) is 211 cm³/mol. The number of nitrogens with one attached hydrogen (secondary N) is 2. The second-order valence-corrected chi connectivity index (χ2v) is 16.9. The highest BCUT2D eigenvalue weighted by molar-refractivity contribution is 8.00. The molecule has 6 aromatic rings. The van der Waals surface area contributed by atoms with Gasteiger partial charge in [0, 0.05) is 41.8 Å². The molecule has 2 amide bonds. The van der Waals surface area contributed by atoms with E-state index in [1.807, 2.05) is 19.1 Å². The molecule has 1 atom stereocenters. The van der Waals surface area contributed by atoms with Crippen LogP contribution in [0, 0.1) is 13.8 Å². The molecule has 0 saturated carbocycles. The average molecular weight is 755 g/mol. The van der Waals surface area contributed by atoms with Crippen LogP contribution in [0.15, 0.2) is 153 Å². The van der Waals surface area contributed by atoms with Crippen LogP contribution >= 0.6 is 0 Å². The molecule has 0 heterocycles. The van der Waals surface area contributed by atoms with Gasteiger partial charge in [-0.2, -0.15) is 0 Å². The molecular weight excluding hydrogens is 721 g/mol. The average Bonchev–Trinajstić information content (AvgIpc) is 3.17. The Bertz CT molecular complexity index is 2700. The Labute approximate surface area is 313 Å². The number of carbonyl (C=O) groups excluding carboxylic acids is 4. The first-order chi connectivity index (χ1) is 25.8. The summed E-state index contributed by atoms with van der Waals surface area (Å²) in [7, 11) is -6.74. The number of rotatable bonds is 11. The van der Waals surface area contributed by atoms with Crippen molar-refractivity contribution in [2.24, 2.45) is 0 Å². The number of benzene rings is 6. The fourth-order valence-electron chi connectivity index (χ4n) is 5.87. The van der Waals surface area contributed by atoms with E-state index in [9.17, 15) is 31.8 Å². The Balaban J connectivity index is 1.23. The first-order valence-corrected chi connectivity index (χ1v) is 19.8. The summed E-state index contributed by atoms with van der Waals surface area (Å²) in [4.78, 5) is 52.2. The largest absolute Gasteiger partial charge is 0.322 e. The third-order valence-corrected chi connectivity index (χ3v) is 12.5. The third kappa shape index (κ3) is 7.82. The molecule has 0 aliphatic rings. The van der Waals surface area contributed by atoms with Gasteiger partial charge in [0.15, 0.2) is 12.6 Å². The lowest BCUT2D eigenvalue weighted by atomic mass is 9.96. The van der Waals surface area contributed by atoms with E-state index in [4.69, 9.17) is 0 Å². The number of amides is 2. The van der Waals surface area contributed by atoms with Crippen LogP contribution in [-0.4, -0.2) is 42.9 Å². The predicted octanol–water partition coefficient (Wildman–Crippen LogP) is 8.07. The van der Waals surface area contributed by atoms with E-state index in [1.54, 1.807) is 73.7 Å². The zero-order valence-electron chi connectivity index (χ0n) is 29.2. The minimum atomic E-state index is -3.87. The summed E-state index contributed by atoms with van der Waals surface area (Å²) in [6.45, 7) is 3.69. The maximum absolute atomic E-state index is 13.7. The van der Waals surface area contributed by atoms with E-state index in [2.05, 4.69) is 16.5 Å². The number of anilines is 2. The molecule has 1 unspecified atom stereocenters. The van der Waals surface area contributed by atoms with E-state index in [0.717, 1.165) is 11.1 Å². The second-order valence-electron chi connectivity index (χ2n) is 12.6. The lowest BCUT2D eigenvalue weighted by Crippen LogP contribution is -2.15. The molecule has 0 radical (unpaired) electrons. The van der Waals surface area contributed by atoms with Crippen molar-refractivity contribution in [3.8, 4) is 11.1 Å². The van der Waals surface area contributed by atoms with Crippen molar-refractivity contribution in [1.82, 2.24) is 0 Å². The number of carbonyl (C=O) groups is 4. The highest BCUT2D eigenvalue weighted by atomic mass is 32.2. The minimum Gasteiger partial charge on any atom is -0.322 e. The Morgan fingerprint density at radius 2 is 0.981 bits per heavy atom. The highest BCUT2D eigenvalue weighted by Gasteiger charge is 2.21. The highest BCUT2D eigenvalue weighted by Crippen LogP contribution is 2.29. The molecule has 270 valence electrons. The first kappa shape index (κ1) is 37.3. The maximum Gasteiger partial charge on any atom is 0.256 e. The molecule has 0 saturated heterocycles. The van der Waals surface area contributed by atoms with Gasteiger partial charge in [-0.05, 0) is 121 Å². The molecule has 6 rings (SSSR count). The minimum absolute atomic E-state index is 0.0106. The lowest BCUT2D eigenvalue weighted by molar-refractivity contribution is 0.101. The van der Waals surface area contributed by atoms with E-state index in [-0.39, 0.29) is 37.7 Å². The topological polar surface area (TPSA) is 144 Å².